The van der Waals surface area contributed by atoms with Crippen molar-refractivity contribution in [3.63, 3.8) is 0 Å². The third kappa shape index (κ3) is 3.88. The Kier molecular flexibility index (Phi) is 5.20. The van der Waals surface area contributed by atoms with Crippen LogP contribution < -0.4 is 20.6 Å². The van der Waals surface area contributed by atoms with Gasteiger partial charge in [0.2, 0.25) is 0 Å². The monoisotopic (exact) mass is 412 g/mol. The van der Waals surface area contributed by atoms with E-state index in [4.69, 9.17) is 4.74 Å². The van der Waals surface area contributed by atoms with E-state index in [0.29, 0.717) is 0 Å². The van der Waals surface area contributed by atoms with Gasteiger partial charge >= 0.3 is 6.18 Å². The Morgan fingerprint density at radius 3 is 2.36 bits per heavy atom. The molecule has 28 heavy (non-hydrogen) atoms. The van der Waals surface area contributed by atoms with E-state index in [2.05, 4.69) is 15.0 Å². The van der Waals surface area contributed by atoms with Gasteiger partial charge in [-0.1, -0.05) is 12.1 Å². The molecule has 0 saturated heterocycles. The lowest BCUT2D eigenvalue weighted by Crippen LogP contribution is -2.48. The van der Waals surface area contributed by atoms with Crippen molar-refractivity contribution in [1.29, 1.82) is 0 Å². The lowest BCUT2D eigenvalue weighted by Gasteiger charge is -2.23. The predicted octanol–water partition coefficient (Wildman–Crippen LogP) is -0.0635. The van der Waals surface area contributed by atoms with Gasteiger partial charge in [-0.3, -0.25) is 9.19 Å². The summed E-state index contributed by atoms with van der Waals surface area (Å²) in [5, 5.41) is 12.2. The lowest BCUT2D eigenvalue weighted by atomic mass is 10.2. The Labute approximate surface area is 159 Å². The minimum atomic E-state index is -4.52. The van der Waals surface area contributed by atoms with Gasteiger partial charge in [0.25, 0.3) is 4.99 Å². The number of halogens is 3. The number of rotatable bonds is 6. The van der Waals surface area contributed by atoms with Crippen LogP contribution in [0.25, 0.3) is 0 Å². The van der Waals surface area contributed by atoms with E-state index in [1.807, 2.05) is 0 Å². The first-order valence-electron chi connectivity index (χ1n) is 7.91. The highest BCUT2D eigenvalue weighted by Crippen LogP contribution is 2.27. The first-order chi connectivity index (χ1) is 13.1. The summed E-state index contributed by atoms with van der Waals surface area (Å²) in [6.45, 7) is -0.0576. The zero-order valence-electron chi connectivity index (χ0n) is 14.4. The molecule has 1 atom stereocenters. The van der Waals surface area contributed by atoms with E-state index in [-0.39, 0.29) is 27.7 Å². The second-order valence-electron chi connectivity index (χ2n) is 5.88. The second kappa shape index (κ2) is 7.30. The van der Waals surface area contributed by atoms with E-state index in [0.717, 1.165) is 0 Å². The number of carboxylic acid groups (broad SMARTS) is 1. The maximum Gasteiger partial charge on any atom is 0.422 e. The van der Waals surface area contributed by atoms with Crippen molar-refractivity contribution in [2.45, 2.75) is 23.8 Å². The molecule has 1 aliphatic rings. The average Bonchev–Trinajstić information content (AvgIpc) is 3.03. The van der Waals surface area contributed by atoms with Crippen LogP contribution in [0.3, 0.4) is 0 Å². The normalized spacial score (nSPS) is 15.9. The number of carbonyl (C=O) groups is 1. The summed E-state index contributed by atoms with van der Waals surface area (Å²) in [6, 6.07) is 7.53. The van der Waals surface area contributed by atoms with Crippen LogP contribution in [0.1, 0.15) is 11.3 Å². The van der Waals surface area contributed by atoms with Crippen LogP contribution >= 0.6 is 0 Å². The number of alkyl halides is 3. The number of benzene rings is 1. The quantitative estimate of drug-likeness (QED) is 0.661. The number of hydrogen-bond acceptors (Lipinski definition) is 7. The number of carboxylic acids is 1. The Balaban J connectivity index is 1.90. The van der Waals surface area contributed by atoms with Gasteiger partial charge in [0.15, 0.2) is 6.61 Å². The largest absolute Gasteiger partial charge is 0.544 e. The summed E-state index contributed by atoms with van der Waals surface area (Å²) in [5.74, 6) is -2.25. The molecule has 7 nitrogen and oxygen atoms in total. The molecule has 1 aliphatic heterocycles. The van der Waals surface area contributed by atoms with Crippen LogP contribution in [-0.2, 0) is 21.3 Å². The van der Waals surface area contributed by atoms with Crippen LogP contribution in [0.2, 0.25) is 0 Å². The average molecular weight is 412 g/mol. The zero-order valence-corrected chi connectivity index (χ0v) is 15.2. The topological polar surface area (TPSA) is 104 Å². The molecule has 1 unspecified atom stereocenters. The number of carbonyl (C=O) groups excluding carboxylic acids is 1. The molecule has 148 valence electrons. The van der Waals surface area contributed by atoms with Crippen LogP contribution in [-0.4, -0.2) is 32.9 Å². The molecule has 2 heterocycles. The van der Waals surface area contributed by atoms with E-state index in [9.17, 15) is 27.3 Å². The first-order valence-corrected chi connectivity index (χ1v) is 9.23. The smallest absolute Gasteiger partial charge is 0.422 e. The number of hydrogen-bond donors (Lipinski definition) is 0. The molecule has 0 saturated carbocycles. The molecule has 0 bridgehead atoms. The van der Waals surface area contributed by atoms with Gasteiger partial charge in [0.05, 0.1) is 33.0 Å². The summed E-state index contributed by atoms with van der Waals surface area (Å²) >= 11 is 0. The standard InChI is InChI=1S/C17H14F3N3O4S/c1-10-13(21-7-6-14(10)27-9-16(18,19)20)8-28(26)17(15(24)25)22-11-4-2-3-5-12(11)23-17/h2-7H,8-9H2,1H3,(H,24,25)/p-1. The van der Waals surface area contributed by atoms with Gasteiger partial charge in [0.1, 0.15) is 11.7 Å². The second-order valence-corrected chi connectivity index (χ2v) is 7.43. The maximum absolute atomic E-state index is 12.9. The molecule has 3 rings (SSSR count). The van der Waals surface area contributed by atoms with Crippen molar-refractivity contribution < 1.29 is 32.0 Å². The highest BCUT2D eigenvalue weighted by molar-refractivity contribution is 7.86. The minimum Gasteiger partial charge on any atom is -0.544 e. The third-order valence-electron chi connectivity index (χ3n) is 3.93. The molecule has 0 N–H and O–H groups in total. The van der Waals surface area contributed by atoms with Crippen LogP contribution in [0.4, 0.5) is 13.2 Å². The molecule has 1 aromatic heterocycles. The van der Waals surface area contributed by atoms with Crippen molar-refractivity contribution in [3.05, 3.63) is 58.5 Å². The molecular formula is C17H13F3N3O4S-. The van der Waals surface area contributed by atoms with Gasteiger partial charge in [-0.2, -0.15) is 13.2 Å². The van der Waals surface area contributed by atoms with E-state index in [1.54, 1.807) is 12.1 Å². The maximum atomic E-state index is 12.9. The summed E-state index contributed by atoms with van der Waals surface area (Å²) in [6.07, 6.45) is -3.33. The van der Waals surface area contributed by atoms with Crippen molar-refractivity contribution in [2.24, 2.45) is 9.98 Å². The van der Waals surface area contributed by atoms with Gasteiger partial charge in [-0.15, -0.1) is 0 Å². The number of fused-ring (bicyclic) bond motifs is 1. The Hall–Kier alpha value is -2.82. The van der Waals surface area contributed by atoms with Gasteiger partial charge in [-0.05, 0) is 25.1 Å². The van der Waals surface area contributed by atoms with Gasteiger partial charge in [-0.25, -0.2) is 9.98 Å². The zero-order chi connectivity index (χ0) is 20.5. The number of pyridine rings is 1. The molecule has 0 aliphatic carbocycles. The Morgan fingerprint density at radius 2 is 1.82 bits per heavy atom. The van der Waals surface area contributed by atoms with Crippen molar-refractivity contribution in [2.75, 3.05) is 6.61 Å². The molecular weight excluding hydrogens is 399 g/mol. The van der Waals surface area contributed by atoms with E-state index >= 15 is 0 Å². The molecule has 0 fully saturated rings. The number of para-hydroxylation sites is 2. The molecule has 2 aromatic rings. The molecule has 0 spiro atoms. The van der Waals surface area contributed by atoms with Crippen molar-refractivity contribution in [1.82, 2.24) is 4.98 Å². The number of ether oxygens (including phenoxy) is 1. The summed E-state index contributed by atoms with van der Waals surface area (Å²) in [5.41, 5.74) is 0.323. The van der Waals surface area contributed by atoms with Crippen LogP contribution in [0.5, 0.6) is 5.75 Å². The lowest BCUT2D eigenvalue weighted by molar-refractivity contribution is -0.308. The fraction of sp³-hybridized carbons (Fsp3) is 0.294. The fourth-order valence-electron chi connectivity index (χ4n) is 2.54. The van der Waals surface area contributed by atoms with Crippen molar-refractivity contribution >= 4 is 16.8 Å². The first kappa shape index (κ1) is 19.9. The molecule has 0 amide bonds. The molecule has 0 radical (unpaired) electrons. The predicted molar refractivity (Wildman–Crippen MR) is 88.9 cm³/mol. The SMILES string of the molecule is Cc1c(OCC(F)(F)F)ccnc1CS(=O)C1(C(=O)[O-])N=c2ccccc2=N1. The van der Waals surface area contributed by atoms with E-state index in [1.165, 1.54) is 31.3 Å². The Morgan fingerprint density at radius 1 is 1.21 bits per heavy atom. The van der Waals surface area contributed by atoms with Gasteiger partial charge in [0, 0.05) is 11.8 Å². The number of aliphatic carboxylic acids is 1. The number of aromatic nitrogens is 1. The highest BCUT2D eigenvalue weighted by atomic mass is 32.2. The summed E-state index contributed by atoms with van der Waals surface area (Å²) in [4.78, 5) is 21.3. The third-order valence-corrected chi connectivity index (χ3v) is 5.45. The van der Waals surface area contributed by atoms with Gasteiger partial charge < -0.3 is 14.6 Å². The highest BCUT2D eigenvalue weighted by Gasteiger charge is 2.40. The minimum absolute atomic E-state index is 0.0922. The van der Waals surface area contributed by atoms with E-state index < -0.39 is 40.3 Å². The van der Waals surface area contributed by atoms with Crippen LogP contribution in [0.15, 0.2) is 46.5 Å². The molecule has 1 aromatic carbocycles. The fourth-order valence-corrected chi connectivity index (χ4v) is 3.86. The molecule has 11 heteroatoms. The summed E-state index contributed by atoms with van der Waals surface area (Å²) < 4.78 is 54.7. The summed E-state index contributed by atoms with van der Waals surface area (Å²) in [7, 11) is -2.24. The Bertz CT molecular complexity index is 1040. The van der Waals surface area contributed by atoms with Crippen molar-refractivity contribution in [3.8, 4) is 5.75 Å². The van der Waals surface area contributed by atoms with Crippen LogP contribution in [0, 0.1) is 6.92 Å². The number of nitrogens with zero attached hydrogens (tertiary/aromatic N) is 3.